The first-order valence-corrected chi connectivity index (χ1v) is 8.54. The molecule has 0 bridgehead atoms. The summed E-state index contributed by atoms with van der Waals surface area (Å²) in [6.07, 6.45) is 5.22. The summed E-state index contributed by atoms with van der Waals surface area (Å²) in [5.41, 5.74) is 2.56. The quantitative estimate of drug-likeness (QED) is 0.874. The molecule has 1 atom stereocenters. The number of piperidine rings is 1. The van der Waals surface area contributed by atoms with Gasteiger partial charge in [0.15, 0.2) is 0 Å². The molecule has 120 valence electrons. The molecule has 1 saturated heterocycles. The van der Waals surface area contributed by atoms with Gasteiger partial charge in [-0.3, -0.25) is 4.68 Å². The molecule has 1 unspecified atom stereocenters. The Morgan fingerprint density at radius 3 is 2.76 bits per heavy atom. The molecule has 2 rings (SSSR count). The average Bonchev–Trinajstić information content (AvgIpc) is 2.73. The van der Waals surface area contributed by atoms with Crippen molar-refractivity contribution in [2.75, 3.05) is 18.0 Å². The molecule has 0 aromatic carbocycles. The van der Waals surface area contributed by atoms with E-state index in [2.05, 4.69) is 54.7 Å². The van der Waals surface area contributed by atoms with Crippen LogP contribution in [0.25, 0.3) is 0 Å². The van der Waals surface area contributed by atoms with Crippen LogP contribution < -0.4 is 10.2 Å². The number of nitrogens with zero attached hydrogens (tertiary/aromatic N) is 3. The number of hydrogen-bond donors (Lipinski definition) is 1. The van der Waals surface area contributed by atoms with Crippen molar-refractivity contribution in [1.82, 2.24) is 15.1 Å². The van der Waals surface area contributed by atoms with Crippen molar-refractivity contribution in [2.45, 2.75) is 66.0 Å². The highest BCUT2D eigenvalue weighted by atomic mass is 15.4. The van der Waals surface area contributed by atoms with E-state index in [1.807, 2.05) is 0 Å². The Balaban J connectivity index is 2.20. The van der Waals surface area contributed by atoms with Gasteiger partial charge >= 0.3 is 0 Å². The van der Waals surface area contributed by atoms with Gasteiger partial charge in [0.1, 0.15) is 5.82 Å². The van der Waals surface area contributed by atoms with Gasteiger partial charge in [-0.15, -0.1) is 0 Å². The topological polar surface area (TPSA) is 33.1 Å². The molecule has 1 aliphatic rings. The van der Waals surface area contributed by atoms with Crippen LogP contribution in [0.15, 0.2) is 0 Å². The molecule has 0 amide bonds. The van der Waals surface area contributed by atoms with Crippen LogP contribution in [0.1, 0.15) is 57.7 Å². The highest BCUT2D eigenvalue weighted by Gasteiger charge is 2.26. The van der Waals surface area contributed by atoms with Gasteiger partial charge in [0.2, 0.25) is 0 Å². The smallest absolute Gasteiger partial charge is 0.131 e. The predicted octanol–water partition coefficient (Wildman–Crippen LogP) is 3.24. The van der Waals surface area contributed by atoms with E-state index >= 15 is 0 Å². The number of anilines is 1. The average molecular weight is 292 g/mol. The predicted molar refractivity (Wildman–Crippen MR) is 89.8 cm³/mol. The summed E-state index contributed by atoms with van der Waals surface area (Å²) in [4.78, 5) is 2.61. The second-order valence-corrected chi connectivity index (χ2v) is 6.79. The van der Waals surface area contributed by atoms with Crippen molar-refractivity contribution >= 4 is 5.82 Å². The van der Waals surface area contributed by atoms with Crippen LogP contribution in [0.2, 0.25) is 0 Å². The van der Waals surface area contributed by atoms with Gasteiger partial charge in [-0.05, 0) is 45.1 Å². The fraction of sp³-hybridized carbons (Fsp3) is 0.824. The molecule has 0 radical (unpaired) electrons. The minimum absolute atomic E-state index is 0.678. The van der Waals surface area contributed by atoms with Gasteiger partial charge in [0.25, 0.3) is 0 Å². The highest BCUT2D eigenvalue weighted by Crippen LogP contribution is 2.30. The first-order chi connectivity index (χ1) is 10.0. The maximum Gasteiger partial charge on any atom is 0.131 e. The van der Waals surface area contributed by atoms with E-state index in [4.69, 9.17) is 0 Å². The first-order valence-electron chi connectivity index (χ1n) is 8.54. The lowest BCUT2D eigenvalue weighted by molar-refractivity contribution is 0.439. The molecule has 0 aliphatic carbocycles. The number of aromatic nitrogens is 2. The lowest BCUT2D eigenvalue weighted by atomic mass is 9.99. The van der Waals surface area contributed by atoms with Crippen LogP contribution in [-0.4, -0.2) is 28.9 Å². The fourth-order valence-corrected chi connectivity index (χ4v) is 3.45. The summed E-state index contributed by atoms with van der Waals surface area (Å²) in [7, 11) is 2.09. The summed E-state index contributed by atoms with van der Waals surface area (Å²) in [5, 5.41) is 8.28. The lowest BCUT2D eigenvalue weighted by Crippen LogP contribution is -2.41. The summed E-state index contributed by atoms with van der Waals surface area (Å²) in [5.74, 6) is 2.03. The molecule has 4 heteroatoms. The van der Waals surface area contributed by atoms with E-state index in [9.17, 15) is 0 Å². The molecule has 1 N–H and O–H groups in total. The minimum Gasteiger partial charge on any atom is -0.354 e. The van der Waals surface area contributed by atoms with Gasteiger partial charge in [-0.1, -0.05) is 20.8 Å². The molecule has 0 spiro atoms. The number of rotatable bonds is 6. The molecular formula is C17H32N4. The van der Waals surface area contributed by atoms with E-state index in [1.165, 1.54) is 49.3 Å². The van der Waals surface area contributed by atoms with Crippen LogP contribution in [0, 0.1) is 12.8 Å². The van der Waals surface area contributed by atoms with Crippen LogP contribution >= 0.6 is 0 Å². The Hall–Kier alpha value is -1.03. The van der Waals surface area contributed by atoms with Crippen LogP contribution in [0.3, 0.4) is 0 Å². The van der Waals surface area contributed by atoms with Crippen molar-refractivity contribution < 1.29 is 0 Å². The van der Waals surface area contributed by atoms with Gasteiger partial charge in [-0.25, -0.2) is 0 Å². The van der Waals surface area contributed by atoms with Gasteiger partial charge in [0, 0.05) is 31.7 Å². The third kappa shape index (κ3) is 3.79. The fourth-order valence-electron chi connectivity index (χ4n) is 3.45. The Morgan fingerprint density at radius 2 is 2.10 bits per heavy atom. The zero-order valence-electron chi connectivity index (χ0n) is 14.4. The molecule has 21 heavy (non-hydrogen) atoms. The summed E-state index contributed by atoms with van der Waals surface area (Å²) in [6.45, 7) is 12.1. The van der Waals surface area contributed by atoms with Crippen molar-refractivity contribution in [2.24, 2.45) is 13.0 Å². The number of hydrogen-bond acceptors (Lipinski definition) is 3. The van der Waals surface area contributed by atoms with Crippen molar-refractivity contribution in [3.8, 4) is 0 Å². The second-order valence-electron chi connectivity index (χ2n) is 6.79. The van der Waals surface area contributed by atoms with E-state index in [0.717, 1.165) is 13.1 Å². The van der Waals surface area contributed by atoms with E-state index in [1.54, 1.807) is 0 Å². The summed E-state index contributed by atoms with van der Waals surface area (Å²) >= 11 is 0. The van der Waals surface area contributed by atoms with Crippen molar-refractivity contribution in [3.05, 3.63) is 11.3 Å². The Morgan fingerprint density at radius 1 is 1.33 bits per heavy atom. The Labute approximate surface area is 129 Å². The Kier molecular flexibility index (Phi) is 5.68. The lowest BCUT2D eigenvalue weighted by Gasteiger charge is -2.37. The molecule has 1 aromatic rings. The molecule has 1 aliphatic heterocycles. The third-order valence-corrected chi connectivity index (χ3v) is 4.54. The maximum absolute atomic E-state index is 4.69. The summed E-state index contributed by atoms with van der Waals surface area (Å²) < 4.78 is 2.09. The minimum atomic E-state index is 0.678. The standard InChI is InChI=1S/C17H32N4/c1-6-15-9-7-8-10-21(15)17-16(12-18-11-13(2)3)14(4)19-20(17)5/h13,15,18H,6-12H2,1-5H3. The molecule has 0 saturated carbocycles. The van der Waals surface area contributed by atoms with E-state index in [0.29, 0.717) is 12.0 Å². The SMILES string of the molecule is CCC1CCCCN1c1c(CNCC(C)C)c(C)nn1C. The summed E-state index contributed by atoms with van der Waals surface area (Å²) in [6, 6.07) is 0.678. The third-order valence-electron chi connectivity index (χ3n) is 4.54. The van der Waals surface area contributed by atoms with Gasteiger partial charge in [0.05, 0.1) is 5.69 Å². The van der Waals surface area contributed by atoms with Gasteiger partial charge in [-0.2, -0.15) is 5.10 Å². The second kappa shape index (κ2) is 7.30. The zero-order valence-corrected chi connectivity index (χ0v) is 14.4. The number of aryl methyl sites for hydroxylation is 2. The molecule has 2 heterocycles. The molecular weight excluding hydrogens is 260 g/mol. The van der Waals surface area contributed by atoms with E-state index < -0.39 is 0 Å². The Bertz CT molecular complexity index is 450. The van der Waals surface area contributed by atoms with Crippen molar-refractivity contribution in [3.63, 3.8) is 0 Å². The molecule has 1 aromatic heterocycles. The van der Waals surface area contributed by atoms with Crippen LogP contribution in [0.5, 0.6) is 0 Å². The van der Waals surface area contributed by atoms with Crippen LogP contribution in [-0.2, 0) is 13.6 Å². The van der Waals surface area contributed by atoms with E-state index in [-0.39, 0.29) is 0 Å². The van der Waals surface area contributed by atoms with Crippen LogP contribution in [0.4, 0.5) is 5.82 Å². The van der Waals surface area contributed by atoms with Gasteiger partial charge < -0.3 is 10.2 Å². The number of nitrogens with one attached hydrogen (secondary N) is 1. The maximum atomic E-state index is 4.69. The monoisotopic (exact) mass is 292 g/mol. The molecule has 1 fully saturated rings. The van der Waals surface area contributed by atoms with Crippen molar-refractivity contribution in [1.29, 1.82) is 0 Å². The highest BCUT2D eigenvalue weighted by molar-refractivity contribution is 5.51. The zero-order chi connectivity index (χ0) is 15.4. The molecule has 4 nitrogen and oxygen atoms in total. The first kappa shape index (κ1) is 16.3. The normalized spacial score (nSPS) is 19.5. The largest absolute Gasteiger partial charge is 0.354 e.